The summed E-state index contributed by atoms with van der Waals surface area (Å²) >= 11 is 0. The number of ether oxygens (including phenoxy) is 1. The Morgan fingerprint density at radius 3 is 2.63 bits per heavy atom. The first-order valence-electron chi connectivity index (χ1n) is 10.6. The van der Waals surface area contributed by atoms with Crippen LogP contribution >= 0.6 is 0 Å². The molecule has 1 aliphatic carbocycles. The molecule has 3 aromatic rings. The molecule has 152 valence electrons. The molecule has 0 bridgehead atoms. The van der Waals surface area contributed by atoms with Crippen LogP contribution in [-0.4, -0.2) is 23.1 Å². The molecule has 4 nitrogen and oxygen atoms in total. The fourth-order valence-corrected chi connectivity index (χ4v) is 4.76. The topological polar surface area (TPSA) is 51.2 Å². The summed E-state index contributed by atoms with van der Waals surface area (Å²) in [4.78, 5) is 17.9. The number of benzene rings is 2. The highest BCUT2D eigenvalue weighted by atomic mass is 16.6. The van der Waals surface area contributed by atoms with Crippen LogP contribution in [0.25, 0.3) is 22.4 Å². The van der Waals surface area contributed by atoms with Crippen LogP contribution < -0.4 is 5.32 Å². The van der Waals surface area contributed by atoms with E-state index >= 15 is 0 Å². The van der Waals surface area contributed by atoms with Crippen LogP contribution in [0.2, 0.25) is 0 Å². The smallest absolute Gasteiger partial charge is 0.315 e. The number of rotatable bonds is 2. The average Bonchev–Trinajstić information content (AvgIpc) is 2.73. The number of carbonyl (C=O) groups excluding carboxylic acids is 1. The second-order valence-electron chi connectivity index (χ2n) is 9.09. The fraction of sp³-hybridized carbons (Fsp3) is 0.308. The number of esters is 1. The molecule has 2 unspecified atom stereocenters. The number of nitrogens with zero attached hydrogens (tertiary/aromatic N) is 1. The van der Waals surface area contributed by atoms with Gasteiger partial charge in [-0.25, -0.2) is 0 Å². The van der Waals surface area contributed by atoms with Gasteiger partial charge in [0.1, 0.15) is 11.5 Å². The molecule has 2 atom stereocenters. The second kappa shape index (κ2) is 7.06. The third kappa shape index (κ3) is 3.21. The summed E-state index contributed by atoms with van der Waals surface area (Å²) in [6, 6.07) is 18.6. The monoisotopic (exact) mass is 398 g/mol. The highest BCUT2D eigenvalue weighted by molar-refractivity contribution is 5.90. The molecule has 2 aromatic carbocycles. The lowest BCUT2D eigenvalue weighted by Crippen LogP contribution is -2.41. The lowest BCUT2D eigenvalue weighted by Gasteiger charge is -2.40. The molecule has 0 saturated carbocycles. The van der Waals surface area contributed by atoms with Gasteiger partial charge in [0, 0.05) is 11.8 Å². The summed E-state index contributed by atoms with van der Waals surface area (Å²) in [5.41, 5.74) is 7.43. The molecule has 30 heavy (non-hydrogen) atoms. The minimum Gasteiger partial charge on any atom is -0.459 e. The molecule has 0 radical (unpaired) electrons. The van der Waals surface area contributed by atoms with Gasteiger partial charge in [0.05, 0.1) is 11.7 Å². The Morgan fingerprint density at radius 2 is 1.87 bits per heavy atom. The Morgan fingerprint density at radius 1 is 1.07 bits per heavy atom. The fourth-order valence-electron chi connectivity index (χ4n) is 4.76. The number of hydrogen-bond acceptors (Lipinski definition) is 4. The zero-order valence-corrected chi connectivity index (χ0v) is 17.6. The van der Waals surface area contributed by atoms with Crippen molar-refractivity contribution < 1.29 is 9.53 Å². The lowest BCUT2D eigenvalue weighted by molar-refractivity contribution is -0.157. The number of aromatic nitrogens is 1. The predicted octanol–water partition coefficient (Wildman–Crippen LogP) is 5.04. The average molecular weight is 399 g/mol. The SMILES string of the molecule is CC(C)(C)OC(=O)C1c2ccccc2-c2cc(-c3ccccn3)cc3c2C1NCC3. The molecule has 1 aromatic heterocycles. The van der Waals surface area contributed by atoms with Crippen molar-refractivity contribution in [3.05, 3.63) is 77.5 Å². The Bertz CT molecular complexity index is 1120. The van der Waals surface area contributed by atoms with Gasteiger partial charge in [0.2, 0.25) is 0 Å². The largest absolute Gasteiger partial charge is 0.459 e. The maximum Gasteiger partial charge on any atom is 0.315 e. The first-order valence-corrected chi connectivity index (χ1v) is 10.6. The molecule has 0 saturated heterocycles. The van der Waals surface area contributed by atoms with E-state index in [-0.39, 0.29) is 17.9 Å². The van der Waals surface area contributed by atoms with Crippen molar-refractivity contribution in [3.63, 3.8) is 0 Å². The van der Waals surface area contributed by atoms with E-state index in [1.165, 1.54) is 16.7 Å². The zero-order chi connectivity index (χ0) is 20.9. The van der Waals surface area contributed by atoms with Gasteiger partial charge in [-0.05, 0) is 85.8 Å². The van der Waals surface area contributed by atoms with Crippen molar-refractivity contribution in [3.8, 4) is 22.4 Å². The van der Waals surface area contributed by atoms with Crippen LogP contribution in [0.4, 0.5) is 0 Å². The van der Waals surface area contributed by atoms with Gasteiger partial charge in [-0.1, -0.05) is 30.3 Å². The Labute approximate surface area is 177 Å². The van der Waals surface area contributed by atoms with Crippen molar-refractivity contribution in [2.75, 3.05) is 6.54 Å². The molecule has 4 heteroatoms. The summed E-state index contributed by atoms with van der Waals surface area (Å²) < 4.78 is 5.85. The van der Waals surface area contributed by atoms with Crippen molar-refractivity contribution in [2.45, 2.75) is 44.8 Å². The molecule has 0 spiro atoms. The highest BCUT2D eigenvalue weighted by Gasteiger charge is 2.42. The highest BCUT2D eigenvalue weighted by Crippen LogP contribution is 2.50. The van der Waals surface area contributed by atoms with Crippen LogP contribution in [0.3, 0.4) is 0 Å². The molecule has 2 aliphatic rings. The molecule has 0 amide bonds. The Balaban J connectivity index is 1.70. The first kappa shape index (κ1) is 19.0. The first-order chi connectivity index (χ1) is 14.4. The molecule has 0 fully saturated rings. The van der Waals surface area contributed by atoms with Crippen LogP contribution in [0.15, 0.2) is 60.8 Å². The summed E-state index contributed by atoms with van der Waals surface area (Å²) in [7, 11) is 0. The van der Waals surface area contributed by atoms with Crippen LogP contribution in [0.5, 0.6) is 0 Å². The molecule has 5 rings (SSSR count). The summed E-state index contributed by atoms with van der Waals surface area (Å²) in [5, 5.41) is 3.62. The Hall–Kier alpha value is -2.98. The van der Waals surface area contributed by atoms with E-state index in [2.05, 4.69) is 34.6 Å². The molecule has 1 aliphatic heterocycles. The third-order valence-electron chi connectivity index (χ3n) is 5.88. The third-order valence-corrected chi connectivity index (χ3v) is 5.88. The van der Waals surface area contributed by atoms with Crippen molar-refractivity contribution in [2.24, 2.45) is 0 Å². The van der Waals surface area contributed by atoms with E-state index in [1.807, 2.05) is 57.3 Å². The zero-order valence-electron chi connectivity index (χ0n) is 17.6. The summed E-state index contributed by atoms with van der Waals surface area (Å²) in [6.07, 6.45) is 2.76. The van der Waals surface area contributed by atoms with Crippen molar-refractivity contribution in [1.29, 1.82) is 0 Å². The van der Waals surface area contributed by atoms with Gasteiger partial charge in [-0.2, -0.15) is 0 Å². The van der Waals surface area contributed by atoms with E-state index in [4.69, 9.17) is 4.74 Å². The quantitative estimate of drug-likeness (QED) is 0.615. The molecular formula is C26H26N2O2. The van der Waals surface area contributed by atoms with E-state index in [1.54, 1.807) is 0 Å². The van der Waals surface area contributed by atoms with Gasteiger partial charge in [-0.3, -0.25) is 9.78 Å². The molecule has 1 N–H and O–H groups in total. The van der Waals surface area contributed by atoms with Gasteiger partial charge >= 0.3 is 5.97 Å². The summed E-state index contributed by atoms with van der Waals surface area (Å²) in [5.74, 6) is -0.521. The number of pyridine rings is 1. The summed E-state index contributed by atoms with van der Waals surface area (Å²) in [6.45, 7) is 6.61. The minimum absolute atomic E-state index is 0.0775. The second-order valence-corrected chi connectivity index (χ2v) is 9.09. The number of carbonyl (C=O) groups is 1. The van der Waals surface area contributed by atoms with E-state index < -0.39 is 5.60 Å². The Kier molecular flexibility index (Phi) is 4.48. The van der Waals surface area contributed by atoms with Crippen molar-refractivity contribution in [1.82, 2.24) is 10.3 Å². The van der Waals surface area contributed by atoms with Crippen molar-refractivity contribution >= 4 is 5.97 Å². The van der Waals surface area contributed by atoms with Crippen LogP contribution in [0, 0.1) is 0 Å². The lowest BCUT2D eigenvalue weighted by atomic mass is 9.71. The van der Waals surface area contributed by atoms with E-state index in [0.29, 0.717) is 0 Å². The van der Waals surface area contributed by atoms with E-state index in [9.17, 15) is 4.79 Å². The predicted molar refractivity (Wildman–Crippen MR) is 118 cm³/mol. The van der Waals surface area contributed by atoms with Gasteiger partial charge in [-0.15, -0.1) is 0 Å². The van der Waals surface area contributed by atoms with Gasteiger partial charge in [0.15, 0.2) is 0 Å². The molecule has 2 heterocycles. The van der Waals surface area contributed by atoms with Gasteiger partial charge in [0.25, 0.3) is 0 Å². The minimum atomic E-state index is -0.521. The number of hydrogen-bond donors (Lipinski definition) is 1. The van der Waals surface area contributed by atoms with Gasteiger partial charge < -0.3 is 10.1 Å². The van der Waals surface area contributed by atoms with Crippen LogP contribution in [-0.2, 0) is 16.0 Å². The maximum atomic E-state index is 13.3. The maximum absolute atomic E-state index is 13.3. The number of fused-ring (bicyclic) bond motifs is 2. The molecular weight excluding hydrogens is 372 g/mol. The standard InChI is InChI=1S/C26H26N2O2/c1-26(2,3)30-25(29)23-19-9-5-4-8-18(19)20-15-17(21-10-6-7-12-27-21)14-16-11-13-28-24(23)22(16)20/h4-10,12,14-15,23-24,28H,11,13H2,1-3H3. The normalized spacial score (nSPS) is 19.6. The van der Waals surface area contributed by atoms with E-state index in [0.717, 1.165) is 35.3 Å². The van der Waals surface area contributed by atoms with Crippen LogP contribution in [0.1, 0.15) is 49.4 Å². The number of nitrogens with one attached hydrogen (secondary N) is 1.